The average Bonchev–Trinajstić information content (AvgIpc) is 3.41. The maximum atomic E-state index is 14.3. The number of halogens is 1. The number of allylic oxidation sites excluding steroid dienone is 1. The second-order valence-corrected chi connectivity index (χ2v) is 13.7. The number of rotatable bonds is 11. The Bertz CT molecular complexity index is 2310. The van der Waals surface area contributed by atoms with Crippen LogP contribution in [-0.2, 0) is 16.1 Å². The van der Waals surface area contributed by atoms with Gasteiger partial charge in [-0.05, 0) is 91.6 Å². The van der Waals surface area contributed by atoms with Crippen LogP contribution in [0.5, 0.6) is 23.0 Å². The lowest BCUT2D eigenvalue weighted by Gasteiger charge is -2.25. The summed E-state index contributed by atoms with van der Waals surface area (Å²) in [6.45, 7) is 7.87. The van der Waals surface area contributed by atoms with Crippen LogP contribution < -0.4 is 33.8 Å². The van der Waals surface area contributed by atoms with Gasteiger partial charge in [-0.15, -0.1) is 0 Å². The molecule has 1 atom stereocenters. The van der Waals surface area contributed by atoms with Crippen LogP contribution in [0, 0.1) is 0 Å². The average molecular weight is 758 g/mol. The first-order valence-corrected chi connectivity index (χ1v) is 17.7. The molecule has 5 aromatic rings. The summed E-state index contributed by atoms with van der Waals surface area (Å²) >= 11 is 4.91. The van der Waals surface area contributed by atoms with Crippen LogP contribution in [-0.4, -0.2) is 37.5 Å². The molecule has 0 saturated carbocycles. The number of esters is 1. The summed E-state index contributed by atoms with van der Waals surface area (Å²) < 4.78 is 31.6. The molecule has 9 nitrogen and oxygen atoms in total. The zero-order valence-corrected chi connectivity index (χ0v) is 31.0. The quantitative estimate of drug-likeness (QED) is 0.133. The third-order valence-corrected chi connectivity index (χ3v) is 9.83. The van der Waals surface area contributed by atoms with E-state index in [1.54, 1.807) is 50.8 Å². The molecule has 0 aliphatic carbocycles. The lowest BCUT2D eigenvalue weighted by Crippen LogP contribution is -2.40. The highest BCUT2D eigenvalue weighted by Crippen LogP contribution is 2.37. The van der Waals surface area contributed by atoms with E-state index >= 15 is 0 Å². The first-order chi connectivity index (χ1) is 24.1. The lowest BCUT2D eigenvalue weighted by molar-refractivity contribution is -0.139. The normalized spacial score (nSPS) is 14.4. The van der Waals surface area contributed by atoms with Crippen molar-refractivity contribution in [2.24, 2.45) is 4.99 Å². The lowest BCUT2D eigenvalue weighted by atomic mass is 9.95. The third-order valence-electron chi connectivity index (χ3n) is 8.16. The number of benzene rings is 4. The SMILES string of the molecule is CCOC(=O)C1=C(C)N=c2s/c(=C\c3cc(OC)c(OCc4ccc5ccccc5c4)cc3Br)c(=O)n2[C@H]1c1ccc(OC(C)C)c(OC)c1. The Morgan fingerprint density at radius 3 is 2.42 bits per heavy atom. The molecular formula is C39H37BrN2O7S. The predicted molar refractivity (Wildman–Crippen MR) is 198 cm³/mol. The van der Waals surface area contributed by atoms with E-state index in [0.29, 0.717) is 60.2 Å². The van der Waals surface area contributed by atoms with E-state index in [9.17, 15) is 9.59 Å². The standard InChI is InChI=1S/C39H37BrN2O7S/c1-7-47-38(44)35-23(4)41-39-42(36(35)27-14-15-30(49-22(2)3)31(17-27)45-5)37(43)34(50-39)19-28-18-32(46-6)33(20-29(28)40)48-21-24-12-13-25-10-8-9-11-26(25)16-24/h8-20,22,36H,7,21H2,1-6H3/b34-19-/t36-/m0/s1. The fourth-order valence-corrected chi connectivity index (χ4v) is 7.35. The van der Waals surface area contributed by atoms with Crippen molar-refractivity contribution < 1.29 is 28.5 Å². The minimum Gasteiger partial charge on any atom is -0.493 e. The summed E-state index contributed by atoms with van der Waals surface area (Å²) in [5.41, 5.74) is 2.83. The molecule has 1 aromatic heterocycles. The number of fused-ring (bicyclic) bond motifs is 2. The van der Waals surface area contributed by atoms with Gasteiger partial charge in [-0.1, -0.05) is 69.7 Å². The zero-order valence-electron chi connectivity index (χ0n) is 28.6. The van der Waals surface area contributed by atoms with E-state index in [4.69, 9.17) is 28.7 Å². The molecule has 0 radical (unpaired) electrons. The molecular weight excluding hydrogens is 720 g/mol. The molecule has 0 amide bonds. The molecule has 6 rings (SSSR count). The summed E-state index contributed by atoms with van der Waals surface area (Å²) in [7, 11) is 3.13. The van der Waals surface area contributed by atoms with Crippen molar-refractivity contribution in [1.82, 2.24) is 4.57 Å². The Hall–Kier alpha value is -4.87. The molecule has 258 valence electrons. The summed E-state index contributed by atoms with van der Waals surface area (Å²) in [6, 6.07) is 22.7. The van der Waals surface area contributed by atoms with Gasteiger partial charge in [0.2, 0.25) is 0 Å². The Labute approximate surface area is 302 Å². The number of aromatic nitrogens is 1. The minimum absolute atomic E-state index is 0.0761. The van der Waals surface area contributed by atoms with E-state index in [2.05, 4.69) is 40.2 Å². The van der Waals surface area contributed by atoms with Crippen LogP contribution in [0.2, 0.25) is 0 Å². The highest BCUT2D eigenvalue weighted by atomic mass is 79.9. The monoisotopic (exact) mass is 756 g/mol. The molecule has 0 fully saturated rings. The maximum Gasteiger partial charge on any atom is 0.338 e. The molecule has 4 aromatic carbocycles. The molecule has 2 heterocycles. The van der Waals surface area contributed by atoms with Gasteiger partial charge in [-0.25, -0.2) is 9.79 Å². The van der Waals surface area contributed by atoms with Crippen LogP contribution in [0.25, 0.3) is 16.8 Å². The predicted octanol–water partition coefficient (Wildman–Crippen LogP) is 7.10. The minimum atomic E-state index is -0.807. The first kappa shape index (κ1) is 35.0. The summed E-state index contributed by atoms with van der Waals surface area (Å²) in [5.74, 6) is 1.57. The summed E-state index contributed by atoms with van der Waals surface area (Å²) in [5, 5.41) is 2.31. The van der Waals surface area contributed by atoms with E-state index < -0.39 is 12.0 Å². The number of hydrogen-bond acceptors (Lipinski definition) is 9. The molecule has 0 N–H and O–H groups in total. The molecule has 1 aliphatic rings. The topological polar surface area (TPSA) is 97.6 Å². The van der Waals surface area contributed by atoms with Crippen molar-refractivity contribution in [2.45, 2.75) is 46.4 Å². The number of carbonyl (C=O) groups excluding carboxylic acids is 1. The number of thiazole rings is 1. The van der Waals surface area contributed by atoms with Gasteiger partial charge in [-0.3, -0.25) is 9.36 Å². The fourth-order valence-electron chi connectivity index (χ4n) is 5.88. The van der Waals surface area contributed by atoms with Gasteiger partial charge in [-0.2, -0.15) is 0 Å². The van der Waals surface area contributed by atoms with Crippen molar-refractivity contribution >= 4 is 50.1 Å². The number of methoxy groups -OCH3 is 2. The van der Waals surface area contributed by atoms with Crippen molar-refractivity contribution in [1.29, 1.82) is 0 Å². The van der Waals surface area contributed by atoms with Crippen LogP contribution in [0.3, 0.4) is 0 Å². The second kappa shape index (κ2) is 14.9. The number of nitrogens with zero attached hydrogens (tertiary/aromatic N) is 2. The van der Waals surface area contributed by atoms with Crippen LogP contribution in [0.15, 0.2) is 98.3 Å². The highest BCUT2D eigenvalue weighted by Gasteiger charge is 2.34. The fraction of sp³-hybridized carbons (Fsp3) is 0.256. The van der Waals surface area contributed by atoms with Gasteiger partial charge < -0.3 is 23.7 Å². The van der Waals surface area contributed by atoms with E-state index in [1.807, 2.05) is 50.2 Å². The Balaban J connectivity index is 1.39. The smallest absolute Gasteiger partial charge is 0.338 e. The van der Waals surface area contributed by atoms with E-state index in [1.165, 1.54) is 16.7 Å². The number of hydrogen-bond donors (Lipinski definition) is 0. The molecule has 50 heavy (non-hydrogen) atoms. The molecule has 1 aliphatic heterocycles. The Kier molecular flexibility index (Phi) is 10.4. The van der Waals surface area contributed by atoms with Gasteiger partial charge in [0.15, 0.2) is 27.8 Å². The number of carbonyl (C=O) groups is 1. The summed E-state index contributed by atoms with van der Waals surface area (Å²) in [6.07, 6.45) is 1.71. The molecule has 0 saturated heterocycles. The largest absolute Gasteiger partial charge is 0.493 e. The molecule has 0 unspecified atom stereocenters. The first-order valence-electron chi connectivity index (χ1n) is 16.1. The van der Waals surface area contributed by atoms with Crippen molar-refractivity contribution in [2.75, 3.05) is 20.8 Å². The highest BCUT2D eigenvalue weighted by molar-refractivity contribution is 9.10. The van der Waals surface area contributed by atoms with Crippen molar-refractivity contribution in [3.8, 4) is 23.0 Å². The van der Waals surface area contributed by atoms with Gasteiger partial charge >= 0.3 is 5.97 Å². The maximum absolute atomic E-state index is 14.3. The van der Waals surface area contributed by atoms with Gasteiger partial charge in [0.05, 0.1) is 48.8 Å². The van der Waals surface area contributed by atoms with Crippen LogP contribution in [0.1, 0.15) is 50.4 Å². The summed E-state index contributed by atoms with van der Waals surface area (Å²) in [4.78, 5) is 32.8. The van der Waals surface area contributed by atoms with Gasteiger partial charge in [0.1, 0.15) is 6.61 Å². The Morgan fingerprint density at radius 1 is 0.960 bits per heavy atom. The van der Waals surface area contributed by atoms with Crippen LogP contribution in [0.4, 0.5) is 0 Å². The molecule has 0 spiro atoms. The zero-order chi connectivity index (χ0) is 35.5. The Morgan fingerprint density at radius 2 is 1.70 bits per heavy atom. The third kappa shape index (κ3) is 7.06. The van der Waals surface area contributed by atoms with Gasteiger partial charge in [0.25, 0.3) is 5.56 Å². The van der Waals surface area contributed by atoms with Crippen molar-refractivity contribution in [3.05, 3.63) is 125 Å². The second-order valence-electron chi connectivity index (χ2n) is 11.9. The van der Waals surface area contributed by atoms with E-state index in [0.717, 1.165) is 10.9 Å². The van der Waals surface area contributed by atoms with Crippen molar-refractivity contribution in [3.63, 3.8) is 0 Å². The van der Waals surface area contributed by atoms with Crippen LogP contribution >= 0.6 is 27.3 Å². The van der Waals surface area contributed by atoms with Gasteiger partial charge in [0, 0.05) is 4.47 Å². The molecule has 0 bridgehead atoms. The molecule has 11 heteroatoms. The number of ether oxygens (including phenoxy) is 5. The van der Waals surface area contributed by atoms with E-state index in [-0.39, 0.29) is 23.8 Å².